The number of aliphatic hydroxyl groups is 7. The molecule has 4 rings (SSSR count). The maximum Gasteiger partial charge on any atom is 0.230 e. The number of hydrogen-bond acceptors (Lipinski definition) is 20. The first-order chi connectivity index (χ1) is 32.0. The highest BCUT2D eigenvalue weighted by atomic mass is 32.2. The van der Waals surface area contributed by atoms with Crippen LogP contribution >= 0.6 is 11.8 Å². The molecule has 396 valence electrons. The van der Waals surface area contributed by atoms with E-state index in [0.717, 1.165) is 12.8 Å². The van der Waals surface area contributed by atoms with Gasteiger partial charge in [0.05, 0.1) is 61.5 Å². The quantitative estimate of drug-likeness (QED) is 0.0384. The van der Waals surface area contributed by atoms with Gasteiger partial charge in [0.25, 0.3) is 0 Å². The van der Waals surface area contributed by atoms with E-state index in [1.165, 1.54) is 24.6 Å². The highest BCUT2D eigenvalue weighted by molar-refractivity contribution is 7.99. The molecule has 16 unspecified atom stereocenters. The monoisotopic (exact) mass is 997 g/mol. The Morgan fingerprint density at radius 2 is 1.24 bits per heavy atom. The van der Waals surface area contributed by atoms with Gasteiger partial charge in [-0.2, -0.15) is 11.8 Å². The fourth-order valence-corrected chi connectivity index (χ4v) is 10.1. The summed E-state index contributed by atoms with van der Waals surface area (Å²) in [6.45, 7) is 10.3. The van der Waals surface area contributed by atoms with Crippen LogP contribution in [0, 0.1) is 5.92 Å². The van der Waals surface area contributed by atoms with Crippen LogP contribution in [0.15, 0.2) is 0 Å². The van der Waals surface area contributed by atoms with E-state index in [1.807, 2.05) is 0 Å². The third-order valence-corrected chi connectivity index (χ3v) is 15.1. The highest BCUT2D eigenvalue weighted by Crippen LogP contribution is 2.36. The fourth-order valence-electron chi connectivity index (χ4n) is 9.34. The van der Waals surface area contributed by atoms with Crippen molar-refractivity contribution in [2.24, 2.45) is 23.1 Å². The van der Waals surface area contributed by atoms with Gasteiger partial charge < -0.3 is 97.3 Å². The minimum atomic E-state index is -1.49. The van der Waals surface area contributed by atoms with Crippen LogP contribution in [0.2, 0.25) is 0 Å². The second-order valence-electron chi connectivity index (χ2n) is 20.1. The van der Waals surface area contributed by atoms with Gasteiger partial charge in [-0.05, 0) is 78.4 Å². The van der Waals surface area contributed by atoms with Crippen molar-refractivity contribution >= 4 is 29.5 Å². The first kappa shape index (κ1) is 58.7. The van der Waals surface area contributed by atoms with E-state index in [4.69, 9.17) is 45.6 Å². The lowest BCUT2D eigenvalue weighted by Gasteiger charge is -2.50. The van der Waals surface area contributed by atoms with Gasteiger partial charge in [-0.15, -0.1) is 0 Å². The highest BCUT2D eigenvalue weighted by Gasteiger charge is 2.53. The zero-order valence-electron chi connectivity index (χ0n) is 40.7. The molecule has 0 radical (unpaired) electrons. The first-order valence-electron chi connectivity index (χ1n) is 24.2. The van der Waals surface area contributed by atoms with Gasteiger partial charge in [0.2, 0.25) is 17.7 Å². The third kappa shape index (κ3) is 15.8. The Morgan fingerprint density at radius 1 is 0.676 bits per heavy atom. The number of amides is 3. The maximum absolute atomic E-state index is 12.4. The zero-order chi connectivity index (χ0) is 50.6. The smallest absolute Gasteiger partial charge is 0.230 e. The number of carbonyl (C=O) groups excluding carboxylic acids is 3. The molecule has 3 heterocycles. The molecule has 0 aromatic rings. The Hall–Kier alpha value is -1.88. The number of aliphatic hydroxyl groups excluding tert-OH is 7. The number of nitrogens with one attached hydrogen (secondary N) is 3. The normalized spacial score (nSPS) is 34.9. The maximum atomic E-state index is 12.4. The van der Waals surface area contributed by atoms with Crippen molar-refractivity contribution in [3.05, 3.63) is 0 Å². The predicted molar refractivity (Wildman–Crippen MR) is 250 cm³/mol. The van der Waals surface area contributed by atoms with Crippen molar-refractivity contribution in [2.45, 2.75) is 208 Å². The van der Waals surface area contributed by atoms with Crippen molar-refractivity contribution in [1.29, 1.82) is 0 Å². The molecule has 1 aliphatic carbocycles. The molecule has 4 fully saturated rings. The Bertz CT molecular complexity index is 1570. The number of hydrogen-bond donors (Lipinski definition) is 13. The molecule has 3 aliphatic heterocycles. The summed E-state index contributed by atoms with van der Waals surface area (Å²) in [5, 5.41) is 83.0. The van der Waals surface area contributed by atoms with E-state index in [1.54, 1.807) is 27.7 Å². The minimum Gasteiger partial charge on any atom is -0.394 e. The molecular weight excluding hydrogens is 913 g/mol. The molecule has 22 nitrogen and oxygen atoms in total. The first-order valence-corrected chi connectivity index (χ1v) is 25.4. The van der Waals surface area contributed by atoms with Gasteiger partial charge in [-0.1, -0.05) is 19.8 Å². The molecule has 4 aliphatic rings. The molecule has 3 saturated heterocycles. The van der Waals surface area contributed by atoms with E-state index < -0.39 is 109 Å². The predicted octanol–water partition coefficient (Wildman–Crippen LogP) is -3.01. The van der Waals surface area contributed by atoms with Gasteiger partial charge >= 0.3 is 0 Å². The lowest BCUT2D eigenvalue weighted by Crippen LogP contribution is -2.69. The Balaban J connectivity index is 1.15. The SMILES string of the molecule is CCC(C)(OCC1OC(OCCCNC(=O)CCCSCC(=O)NCCC(=O)NC(C)(C)C2CCCC2)C(N)C(O)C1O)C1OC(COC(C)(C)C2OC(CO)C(O)C(O)C2N)C(O)C(O)C1N. The third-order valence-electron chi connectivity index (χ3n) is 14.1. The van der Waals surface area contributed by atoms with Crippen LogP contribution in [0.25, 0.3) is 0 Å². The van der Waals surface area contributed by atoms with Gasteiger partial charge in [0.1, 0.15) is 67.1 Å². The lowest BCUT2D eigenvalue weighted by atomic mass is 9.82. The lowest BCUT2D eigenvalue weighted by molar-refractivity contribution is -0.290. The summed E-state index contributed by atoms with van der Waals surface area (Å²) in [5.41, 5.74) is 16.0. The van der Waals surface area contributed by atoms with Crippen molar-refractivity contribution in [2.75, 3.05) is 51.0 Å². The molecule has 1 saturated carbocycles. The van der Waals surface area contributed by atoms with E-state index in [0.29, 0.717) is 31.1 Å². The Morgan fingerprint density at radius 3 is 1.87 bits per heavy atom. The van der Waals surface area contributed by atoms with Gasteiger partial charge in [0, 0.05) is 31.5 Å². The average molecular weight is 997 g/mol. The summed E-state index contributed by atoms with van der Waals surface area (Å²) in [6, 6.07) is -3.34. The molecule has 0 bridgehead atoms. The summed E-state index contributed by atoms with van der Waals surface area (Å²) in [4.78, 5) is 37.1. The van der Waals surface area contributed by atoms with Gasteiger partial charge in [0.15, 0.2) is 6.29 Å². The van der Waals surface area contributed by atoms with Crippen LogP contribution in [-0.2, 0) is 42.8 Å². The van der Waals surface area contributed by atoms with Crippen LogP contribution in [0.5, 0.6) is 0 Å². The summed E-state index contributed by atoms with van der Waals surface area (Å²) in [6.07, 6.45) is -8.94. The summed E-state index contributed by atoms with van der Waals surface area (Å²) in [7, 11) is 0. The number of carbonyl (C=O) groups is 3. The van der Waals surface area contributed by atoms with Crippen molar-refractivity contribution in [1.82, 2.24) is 16.0 Å². The zero-order valence-corrected chi connectivity index (χ0v) is 41.5. The summed E-state index contributed by atoms with van der Waals surface area (Å²) >= 11 is 1.41. The minimum absolute atomic E-state index is 0.0723. The van der Waals surface area contributed by atoms with E-state index in [2.05, 4.69) is 29.8 Å². The number of rotatable bonds is 26. The standard InChI is InChI=1S/C45H84N6O16S/c1-7-45(6,41-32(47)38(60)35(57)26(66-41)21-63-44(4,5)40-31(46)37(59)34(56)25(20-52)65-40)64-22-27-36(58)39(61)33(48)42(67-27)62-18-11-16-49-28(53)14-10-19-68-23-30(55)50-17-15-29(54)51-43(2,3)24-12-8-9-13-24/h24-27,31-42,52,56-61H,7-23,46-48H2,1-6H3,(H,49,53)(H,50,55)(H,51,54). The number of ether oxygens (including phenoxy) is 6. The van der Waals surface area contributed by atoms with Crippen LogP contribution < -0.4 is 33.2 Å². The van der Waals surface area contributed by atoms with Crippen LogP contribution in [0.4, 0.5) is 0 Å². The summed E-state index contributed by atoms with van der Waals surface area (Å²) < 4.78 is 36.4. The molecule has 0 spiro atoms. The second-order valence-corrected chi connectivity index (χ2v) is 21.2. The Labute approximate surface area is 404 Å². The molecule has 3 amide bonds. The van der Waals surface area contributed by atoms with Crippen molar-refractivity contribution < 1.29 is 78.6 Å². The van der Waals surface area contributed by atoms with E-state index in [9.17, 15) is 50.1 Å². The molecule has 16 N–H and O–H groups in total. The molecule has 16 atom stereocenters. The second kappa shape index (κ2) is 26.7. The fraction of sp³-hybridized carbons (Fsp3) is 0.933. The topological polar surface area (TPSA) is 362 Å². The Kier molecular flexibility index (Phi) is 23.1. The van der Waals surface area contributed by atoms with Crippen LogP contribution in [0.1, 0.15) is 99.3 Å². The molecule has 68 heavy (non-hydrogen) atoms. The van der Waals surface area contributed by atoms with Crippen molar-refractivity contribution in [3.8, 4) is 0 Å². The molecular formula is C45H84N6O16S. The average Bonchev–Trinajstić information content (AvgIpc) is 3.86. The number of nitrogens with two attached hydrogens (primary N) is 3. The van der Waals surface area contributed by atoms with Gasteiger partial charge in [-0.3, -0.25) is 14.4 Å². The van der Waals surface area contributed by atoms with Crippen LogP contribution in [0.3, 0.4) is 0 Å². The van der Waals surface area contributed by atoms with Crippen molar-refractivity contribution in [3.63, 3.8) is 0 Å². The largest absolute Gasteiger partial charge is 0.394 e. The van der Waals surface area contributed by atoms with Gasteiger partial charge in [-0.25, -0.2) is 0 Å². The van der Waals surface area contributed by atoms with Crippen LogP contribution in [-0.4, -0.2) is 213 Å². The summed E-state index contributed by atoms with van der Waals surface area (Å²) in [5.74, 6) is 0.919. The van der Waals surface area contributed by atoms with E-state index in [-0.39, 0.29) is 74.6 Å². The molecule has 23 heteroatoms. The molecule has 0 aromatic carbocycles. The van der Waals surface area contributed by atoms with E-state index >= 15 is 0 Å². The molecule has 0 aromatic heterocycles. The number of thioether (sulfide) groups is 1.